The van der Waals surface area contributed by atoms with Crippen molar-refractivity contribution in [3.63, 3.8) is 0 Å². The number of hydrogen-bond donors (Lipinski definition) is 4. The molecule has 1 atom stereocenters. The van der Waals surface area contributed by atoms with E-state index >= 15 is 0 Å². The van der Waals surface area contributed by atoms with Crippen LogP contribution in [0.3, 0.4) is 0 Å². The SMILES string of the molecule is Nc1nc2c(c(=O)[nH]1)NCN2CCC(CO)CF. The number of alkyl halides is 1. The van der Waals surface area contributed by atoms with Crippen molar-refractivity contribution in [2.24, 2.45) is 5.92 Å². The van der Waals surface area contributed by atoms with Crippen LogP contribution in [0.4, 0.5) is 21.8 Å². The van der Waals surface area contributed by atoms with Gasteiger partial charge < -0.3 is 21.1 Å². The predicted molar refractivity (Wildman–Crippen MR) is 66.3 cm³/mol. The average molecular weight is 257 g/mol. The van der Waals surface area contributed by atoms with E-state index in [1.807, 2.05) is 0 Å². The number of H-pyrrole nitrogens is 1. The summed E-state index contributed by atoms with van der Waals surface area (Å²) in [7, 11) is 0. The lowest BCUT2D eigenvalue weighted by atomic mass is 10.1. The summed E-state index contributed by atoms with van der Waals surface area (Å²) in [5, 5.41) is 11.8. The number of aliphatic hydroxyl groups is 1. The Morgan fingerprint density at radius 1 is 1.61 bits per heavy atom. The first kappa shape index (κ1) is 12.6. The highest BCUT2D eigenvalue weighted by Gasteiger charge is 2.24. The number of fused-ring (bicyclic) bond motifs is 1. The molecule has 0 aromatic carbocycles. The maximum absolute atomic E-state index is 12.5. The number of aliphatic hydroxyl groups excluding tert-OH is 1. The minimum atomic E-state index is -0.560. The van der Waals surface area contributed by atoms with Gasteiger partial charge in [-0.25, -0.2) is 0 Å². The van der Waals surface area contributed by atoms with Crippen molar-refractivity contribution in [1.82, 2.24) is 9.97 Å². The second kappa shape index (κ2) is 5.21. The first-order valence-electron chi connectivity index (χ1n) is 5.71. The average Bonchev–Trinajstić information content (AvgIpc) is 2.74. The molecule has 0 spiro atoms. The molecule has 0 saturated heterocycles. The molecule has 2 heterocycles. The van der Waals surface area contributed by atoms with E-state index in [4.69, 9.17) is 10.8 Å². The third-order valence-corrected chi connectivity index (χ3v) is 2.95. The summed E-state index contributed by atoms with van der Waals surface area (Å²) in [5.41, 5.74) is 5.55. The number of rotatable bonds is 5. The van der Waals surface area contributed by atoms with Gasteiger partial charge in [0, 0.05) is 19.1 Å². The summed E-state index contributed by atoms with van der Waals surface area (Å²) in [6.07, 6.45) is 0.489. The zero-order chi connectivity index (χ0) is 13.1. The van der Waals surface area contributed by atoms with Gasteiger partial charge in [-0.3, -0.25) is 14.2 Å². The van der Waals surface area contributed by atoms with Gasteiger partial charge in [-0.15, -0.1) is 0 Å². The minimum absolute atomic E-state index is 0.0525. The number of nitrogens with two attached hydrogens (primary N) is 1. The van der Waals surface area contributed by atoms with Gasteiger partial charge in [0.25, 0.3) is 5.56 Å². The third kappa shape index (κ3) is 2.37. The molecule has 0 radical (unpaired) electrons. The van der Waals surface area contributed by atoms with Crippen LogP contribution in [-0.2, 0) is 0 Å². The molecule has 1 aromatic rings. The molecule has 0 bridgehead atoms. The minimum Gasteiger partial charge on any atom is -0.396 e. The van der Waals surface area contributed by atoms with Crippen LogP contribution < -0.4 is 21.5 Å². The summed E-state index contributed by atoms with van der Waals surface area (Å²) in [5.74, 6) is 0.150. The van der Waals surface area contributed by atoms with Crippen LogP contribution in [0.15, 0.2) is 4.79 Å². The lowest BCUT2D eigenvalue weighted by Gasteiger charge is -2.19. The van der Waals surface area contributed by atoms with Crippen molar-refractivity contribution in [3.05, 3.63) is 10.4 Å². The number of nitrogen functional groups attached to an aromatic ring is 1. The molecular formula is C10H16FN5O2. The first-order chi connectivity index (χ1) is 8.65. The van der Waals surface area contributed by atoms with Gasteiger partial charge in [0.15, 0.2) is 5.82 Å². The van der Waals surface area contributed by atoms with Gasteiger partial charge in [-0.2, -0.15) is 4.98 Å². The second-order valence-electron chi connectivity index (χ2n) is 4.24. The largest absolute Gasteiger partial charge is 0.396 e. The Labute approximate surface area is 103 Å². The molecular weight excluding hydrogens is 241 g/mol. The highest BCUT2D eigenvalue weighted by atomic mass is 19.1. The van der Waals surface area contributed by atoms with Gasteiger partial charge in [-0.1, -0.05) is 0 Å². The lowest BCUT2D eigenvalue weighted by Crippen LogP contribution is -2.27. The van der Waals surface area contributed by atoms with E-state index in [2.05, 4.69) is 15.3 Å². The standard InChI is InChI=1S/C10H16FN5O2/c11-3-6(4-17)1-2-16-5-13-7-8(16)14-10(12)15-9(7)18/h6,13,17H,1-5H2,(H3,12,14,15,18). The van der Waals surface area contributed by atoms with Crippen LogP contribution in [-0.4, -0.2) is 41.6 Å². The summed E-state index contributed by atoms with van der Waals surface area (Å²) in [6.45, 7) is 0.190. The smallest absolute Gasteiger partial charge is 0.277 e. The van der Waals surface area contributed by atoms with E-state index in [0.29, 0.717) is 31.1 Å². The van der Waals surface area contributed by atoms with Crippen molar-refractivity contribution in [2.75, 3.05) is 42.4 Å². The molecule has 5 N–H and O–H groups in total. The summed E-state index contributed by atoms with van der Waals surface area (Å²) >= 11 is 0. The highest BCUT2D eigenvalue weighted by molar-refractivity contribution is 5.70. The summed E-state index contributed by atoms with van der Waals surface area (Å²) < 4.78 is 12.5. The van der Waals surface area contributed by atoms with E-state index in [1.54, 1.807) is 4.90 Å². The van der Waals surface area contributed by atoms with Crippen LogP contribution in [0.5, 0.6) is 0 Å². The van der Waals surface area contributed by atoms with Gasteiger partial charge in [0.05, 0.1) is 13.3 Å². The topological polar surface area (TPSA) is 107 Å². The molecule has 1 aliphatic heterocycles. The maximum Gasteiger partial charge on any atom is 0.277 e. The van der Waals surface area contributed by atoms with Crippen molar-refractivity contribution in [2.45, 2.75) is 6.42 Å². The Morgan fingerprint density at radius 3 is 3.06 bits per heavy atom. The highest BCUT2D eigenvalue weighted by Crippen LogP contribution is 2.25. The molecule has 0 saturated carbocycles. The Balaban J connectivity index is 2.09. The number of nitrogens with one attached hydrogen (secondary N) is 2. The second-order valence-corrected chi connectivity index (χ2v) is 4.24. The van der Waals surface area contributed by atoms with E-state index in [9.17, 15) is 9.18 Å². The number of aromatic nitrogens is 2. The molecule has 100 valence electrons. The molecule has 1 aliphatic rings. The Bertz CT molecular complexity index is 474. The van der Waals surface area contributed by atoms with Crippen molar-refractivity contribution < 1.29 is 9.50 Å². The number of hydrogen-bond acceptors (Lipinski definition) is 6. The molecule has 1 unspecified atom stereocenters. The maximum atomic E-state index is 12.5. The Hall–Kier alpha value is -1.83. The number of nitrogens with zero attached hydrogens (tertiary/aromatic N) is 2. The molecule has 18 heavy (non-hydrogen) atoms. The van der Waals surface area contributed by atoms with Gasteiger partial charge in [-0.05, 0) is 6.42 Å². The zero-order valence-electron chi connectivity index (χ0n) is 9.82. The van der Waals surface area contributed by atoms with E-state index in [0.717, 1.165) is 0 Å². The summed E-state index contributed by atoms with van der Waals surface area (Å²) in [6, 6.07) is 0. The quantitative estimate of drug-likeness (QED) is 0.567. The van der Waals surface area contributed by atoms with Crippen LogP contribution in [0.2, 0.25) is 0 Å². The van der Waals surface area contributed by atoms with Gasteiger partial charge in [0.1, 0.15) is 5.69 Å². The summed E-state index contributed by atoms with van der Waals surface area (Å²) in [4.78, 5) is 19.8. The molecule has 0 aliphatic carbocycles. The molecule has 1 aromatic heterocycles. The van der Waals surface area contributed by atoms with Crippen LogP contribution >= 0.6 is 0 Å². The van der Waals surface area contributed by atoms with Gasteiger partial charge in [0.2, 0.25) is 5.95 Å². The normalized spacial score (nSPS) is 15.3. The van der Waals surface area contributed by atoms with Crippen LogP contribution in [0, 0.1) is 5.92 Å². The molecule has 7 nitrogen and oxygen atoms in total. The van der Waals surface area contributed by atoms with Crippen LogP contribution in [0.25, 0.3) is 0 Å². The number of aromatic amines is 1. The van der Waals surface area contributed by atoms with E-state index < -0.39 is 6.67 Å². The number of anilines is 3. The number of halogens is 1. The molecule has 8 heteroatoms. The van der Waals surface area contributed by atoms with Crippen molar-refractivity contribution in [3.8, 4) is 0 Å². The lowest BCUT2D eigenvalue weighted by molar-refractivity contribution is 0.191. The molecule has 0 fully saturated rings. The Morgan fingerprint density at radius 2 is 2.39 bits per heavy atom. The van der Waals surface area contributed by atoms with Crippen molar-refractivity contribution in [1.29, 1.82) is 0 Å². The molecule has 0 amide bonds. The zero-order valence-corrected chi connectivity index (χ0v) is 9.82. The van der Waals surface area contributed by atoms with Gasteiger partial charge >= 0.3 is 0 Å². The third-order valence-electron chi connectivity index (χ3n) is 2.95. The van der Waals surface area contributed by atoms with Crippen LogP contribution in [0.1, 0.15) is 6.42 Å². The van der Waals surface area contributed by atoms with Crippen molar-refractivity contribution >= 4 is 17.5 Å². The van der Waals surface area contributed by atoms with E-state index in [-0.39, 0.29) is 24.0 Å². The predicted octanol–water partition coefficient (Wildman–Crippen LogP) is -0.490. The fraction of sp³-hybridized carbons (Fsp3) is 0.600. The Kier molecular flexibility index (Phi) is 3.66. The fourth-order valence-corrected chi connectivity index (χ4v) is 1.86. The monoisotopic (exact) mass is 257 g/mol. The first-order valence-corrected chi connectivity index (χ1v) is 5.71. The van der Waals surface area contributed by atoms with E-state index in [1.165, 1.54) is 0 Å². The molecule has 2 rings (SSSR count). The fourth-order valence-electron chi connectivity index (χ4n) is 1.86.